The Labute approximate surface area is 115 Å². The molecular weight excluding hydrogens is 248 g/mol. The summed E-state index contributed by atoms with van der Waals surface area (Å²) in [4.78, 5) is 0. The minimum Gasteiger partial charge on any atom is -0.394 e. The van der Waals surface area contributed by atoms with E-state index in [1.807, 2.05) is 0 Å². The van der Waals surface area contributed by atoms with E-state index in [2.05, 4.69) is 6.92 Å². The number of ether oxygens (including phenoxy) is 1. The maximum absolute atomic E-state index is 9.98. The first-order valence-corrected chi connectivity index (χ1v) is 7.42. The van der Waals surface area contributed by atoms with Gasteiger partial charge in [-0.1, -0.05) is 45.4 Å². The molecule has 1 heterocycles. The monoisotopic (exact) mass is 276 g/mol. The Kier molecular flexibility index (Phi) is 7.87. The number of hydrogen-bond donors (Lipinski definition) is 4. The van der Waals surface area contributed by atoms with E-state index in [0.717, 1.165) is 19.3 Å². The van der Waals surface area contributed by atoms with Crippen LogP contribution in [0.2, 0.25) is 0 Å². The molecule has 0 aromatic heterocycles. The molecule has 1 fully saturated rings. The number of aliphatic hydroxyl groups excluding tert-OH is 4. The van der Waals surface area contributed by atoms with Crippen molar-refractivity contribution in [3.8, 4) is 0 Å². The quantitative estimate of drug-likeness (QED) is 0.463. The molecule has 0 aromatic carbocycles. The Morgan fingerprint density at radius 3 is 2.21 bits per heavy atom. The number of rotatable bonds is 9. The highest BCUT2D eigenvalue weighted by Crippen LogP contribution is 2.25. The van der Waals surface area contributed by atoms with E-state index >= 15 is 0 Å². The van der Waals surface area contributed by atoms with Gasteiger partial charge in [0.2, 0.25) is 0 Å². The highest BCUT2D eigenvalue weighted by Gasteiger charge is 2.45. The van der Waals surface area contributed by atoms with Crippen molar-refractivity contribution in [1.29, 1.82) is 0 Å². The molecule has 0 amide bonds. The fourth-order valence-electron chi connectivity index (χ4n) is 2.54. The van der Waals surface area contributed by atoms with Gasteiger partial charge in [-0.2, -0.15) is 0 Å². The third kappa shape index (κ3) is 5.00. The summed E-state index contributed by atoms with van der Waals surface area (Å²) in [7, 11) is 0. The average Bonchev–Trinajstić information content (AvgIpc) is 2.70. The lowest BCUT2D eigenvalue weighted by molar-refractivity contribution is -0.0770. The summed E-state index contributed by atoms with van der Waals surface area (Å²) in [6.07, 6.45) is 2.75. The molecule has 0 radical (unpaired) electrons. The Balaban J connectivity index is 2.20. The van der Waals surface area contributed by atoms with E-state index in [1.165, 1.54) is 19.3 Å². The van der Waals surface area contributed by atoms with E-state index in [0.29, 0.717) is 6.42 Å². The van der Waals surface area contributed by atoms with Crippen LogP contribution in [0.5, 0.6) is 0 Å². The summed E-state index contributed by atoms with van der Waals surface area (Å²) in [5, 5.41) is 38.3. The van der Waals surface area contributed by atoms with Crippen LogP contribution < -0.4 is 0 Å². The third-order valence-corrected chi connectivity index (χ3v) is 3.81. The van der Waals surface area contributed by atoms with Crippen molar-refractivity contribution in [1.82, 2.24) is 0 Å². The zero-order valence-electron chi connectivity index (χ0n) is 11.7. The van der Waals surface area contributed by atoms with Gasteiger partial charge in [-0.05, 0) is 6.42 Å². The van der Waals surface area contributed by atoms with Crippen molar-refractivity contribution < 1.29 is 25.2 Å². The topological polar surface area (TPSA) is 90.2 Å². The first-order valence-electron chi connectivity index (χ1n) is 7.42. The summed E-state index contributed by atoms with van der Waals surface area (Å²) in [6, 6.07) is 0. The summed E-state index contributed by atoms with van der Waals surface area (Å²) >= 11 is 0. The normalized spacial score (nSPS) is 32.7. The van der Waals surface area contributed by atoms with Gasteiger partial charge in [0.25, 0.3) is 0 Å². The van der Waals surface area contributed by atoms with Crippen LogP contribution in [0.3, 0.4) is 0 Å². The molecule has 0 aliphatic carbocycles. The molecular formula is C14H28O5. The number of aliphatic hydroxyl groups is 4. The summed E-state index contributed by atoms with van der Waals surface area (Å²) < 4.78 is 5.29. The molecule has 3 unspecified atom stereocenters. The van der Waals surface area contributed by atoms with E-state index < -0.39 is 30.5 Å². The molecule has 5 heteroatoms. The lowest BCUT2D eigenvalue weighted by Crippen LogP contribution is -2.39. The fourth-order valence-corrected chi connectivity index (χ4v) is 2.54. The maximum atomic E-state index is 9.98. The lowest BCUT2D eigenvalue weighted by atomic mass is 9.99. The van der Waals surface area contributed by atoms with Crippen LogP contribution in [0.15, 0.2) is 0 Å². The lowest BCUT2D eigenvalue weighted by Gasteiger charge is -2.21. The first kappa shape index (κ1) is 16.9. The van der Waals surface area contributed by atoms with Gasteiger partial charge in [-0.15, -0.1) is 0 Å². The van der Waals surface area contributed by atoms with Gasteiger partial charge >= 0.3 is 0 Å². The van der Waals surface area contributed by atoms with Crippen LogP contribution in [-0.4, -0.2) is 57.6 Å². The molecule has 1 aliphatic heterocycles. The molecule has 0 saturated carbocycles. The molecule has 5 atom stereocenters. The fraction of sp³-hybridized carbons (Fsp3) is 1.00. The molecule has 19 heavy (non-hydrogen) atoms. The second-order valence-electron chi connectivity index (χ2n) is 5.43. The van der Waals surface area contributed by atoms with Crippen molar-refractivity contribution in [2.45, 2.75) is 82.4 Å². The molecule has 0 bridgehead atoms. The van der Waals surface area contributed by atoms with Crippen molar-refractivity contribution in [2.24, 2.45) is 0 Å². The summed E-state index contributed by atoms with van der Waals surface area (Å²) in [5.74, 6) is 0. The maximum Gasteiger partial charge on any atom is 0.112 e. The third-order valence-electron chi connectivity index (χ3n) is 3.81. The van der Waals surface area contributed by atoms with Gasteiger partial charge < -0.3 is 25.2 Å². The number of unbranched alkanes of at least 4 members (excludes halogenated alkanes) is 5. The Bertz CT molecular complexity index is 236. The molecule has 4 N–H and O–H groups in total. The smallest absolute Gasteiger partial charge is 0.112 e. The molecule has 0 aromatic rings. The zero-order chi connectivity index (χ0) is 14.3. The molecule has 1 saturated heterocycles. The van der Waals surface area contributed by atoms with Gasteiger partial charge in [0.05, 0.1) is 12.7 Å². The molecule has 1 rings (SSSR count). The summed E-state index contributed by atoms with van der Waals surface area (Å²) in [5.41, 5.74) is 0. The van der Waals surface area contributed by atoms with Crippen LogP contribution in [0.25, 0.3) is 0 Å². The van der Waals surface area contributed by atoms with E-state index in [4.69, 9.17) is 9.84 Å². The van der Waals surface area contributed by atoms with Gasteiger partial charge in [0, 0.05) is 0 Å². The van der Waals surface area contributed by atoms with E-state index in [-0.39, 0.29) is 6.61 Å². The van der Waals surface area contributed by atoms with Crippen LogP contribution in [0, 0.1) is 0 Å². The minimum absolute atomic E-state index is 0.349. The van der Waals surface area contributed by atoms with Crippen LogP contribution in [0.4, 0.5) is 0 Å². The predicted octanol–water partition coefficient (Wildman–Crippen LogP) is 0.579. The SMILES string of the molecule is CCCCCCCCC(O)[C@@H]1O[C@H](CO)C(O)C1O. The van der Waals surface area contributed by atoms with Crippen LogP contribution in [0.1, 0.15) is 51.9 Å². The molecule has 5 nitrogen and oxygen atoms in total. The Morgan fingerprint density at radius 2 is 1.63 bits per heavy atom. The summed E-state index contributed by atoms with van der Waals surface area (Å²) in [6.45, 7) is 1.82. The van der Waals surface area contributed by atoms with Gasteiger partial charge in [-0.25, -0.2) is 0 Å². The van der Waals surface area contributed by atoms with Crippen LogP contribution in [-0.2, 0) is 4.74 Å². The Hall–Kier alpha value is -0.200. The highest BCUT2D eigenvalue weighted by molar-refractivity contribution is 4.93. The zero-order valence-corrected chi connectivity index (χ0v) is 11.7. The second-order valence-corrected chi connectivity index (χ2v) is 5.43. The second kappa shape index (κ2) is 8.87. The Morgan fingerprint density at radius 1 is 1.00 bits per heavy atom. The van der Waals surface area contributed by atoms with Gasteiger partial charge in [0.1, 0.15) is 24.4 Å². The van der Waals surface area contributed by atoms with Crippen molar-refractivity contribution in [3.63, 3.8) is 0 Å². The predicted molar refractivity (Wildman–Crippen MR) is 71.8 cm³/mol. The first-order chi connectivity index (χ1) is 9.11. The van der Waals surface area contributed by atoms with Gasteiger partial charge in [0.15, 0.2) is 0 Å². The van der Waals surface area contributed by atoms with Crippen molar-refractivity contribution >= 4 is 0 Å². The standard InChI is InChI=1S/C14H28O5/c1-2-3-4-5-6-7-8-10(16)14-13(18)12(17)11(9-15)19-14/h10-18H,2-9H2,1H3/t10?,11-,12?,13?,14+/m1/s1. The van der Waals surface area contributed by atoms with Crippen molar-refractivity contribution in [3.05, 3.63) is 0 Å². The largest absolute Gasteiger partial charge is 0.394 e. The average molecular weight is 276 g/mol. The van der Waals surface area contributed by atoms with E-state index in [9.17, 15) is 15.3 Å². The molecule has 0 spiro atoms. The van der Waals surface area contributed by atoms with Crippen LogP contribution >= 0.6 is 0 Å². The minimum atomic E-state index is -1.12. The molecule has 114 valence electrons. The highest BCUT2D eigenvalue weighted by atomic mass is 16.6. The van der Waals surface area contributed by atoms with Gasteiger partial charge in [-0.3, -0.25) is 0 Å². The van der Waals surface area contributed by atoms with Crippen molar-refractivity contribution in [2.75, 3.05) is 6.61 Å². The molecule has 1 aliphatic rings. The van der Waals surface area contributed by atoms with E-state index in [1.54, 1.807) is 0 Å². The number of hydrogen-bond acceptors (Lipinski definition) is 5.